The van der Waals surface area contributed by atoms with Crippen LogP contribution in [0.15, 0.2) is 22.7 Å². The van der Waals surface area contributed by atoms with Gasteiger partial charge in [-0.25, -0.2) is 0 Å². The molecule has 1 aliphatic carbocycles. The molecule has 8 heteroatoms. The van der Waals surface area contributed by atoms with E-state index in [2.05, 4.69) is 26.1 Å². The molecule has 2 aromatic heterocycles. The average Bonchev–Trinajstić information content (AvgIpc) is 3.05. The summed E-state index contributed by atoms with van der Waals surface area (Å²) in [7, 11) is 1.63. The van der Waals surface area contributed by atoms with Crippen molar-refractivity contribution in [2.45, 2.75) is 37.0 Å². The minimum absolute atomic E-state index is 0.0103. The number of thioether (sulfide) groups is 1. The van der Waals surface area contributed by atoms with E-state index in [9.17, 15) is 4.79 Å². The first-order chi connectivity index (χ1) is 11.2. The van der Waals surface area contributed by atoms with E-state index < -0.39 is 0 Å². The van der Waals surface area contributed by atoms with Crippen molar-refractivity contribution in [3.63, 3.8) is 0 Å². The molecular formula is C15H20N4O2S2. The van der Waals surface area contributed by atoms with Crippen molar-refractivity contribution in [1.29, 1.82) is 0 Å². The fourth-order valence-corrected chi connectivity index (χ4v) is 3.87. The molecule has 0 unspecified atom stereocenters. The van der Waals surface area contributed by atoms with Crippen LogP contribution in [0.25, 0.3) is 10.7 Å². The number of carbonyl (C=O) groups excluding carboxylic acids is 1. The van der Waals surface area contributed by atoms with Crippen molar-refractivity contribution in [2.24, 2.45) is 0 Å². The lowest BCUT2D eigenvalue weighted by molar-refractivity contribution is -0.119. The molecule has 0 saturated heterocycles. The quantitative estimate of drug-likeness (QED) is 0.740. The summed E-state index contributed by atoms with van der Waals surface area (Å²) in [5.74, 6) is 1.24. The van der Waals surface area contributed by atoms with Crippen molar-refractivity contribution in [2.75, 3.05) is 19.5 Å². The smallest absolute Gasteiger partial charge is 0.230 e. The van der Waals surface area contributed by atoms with Gasteiger partial charge >= 0.3 is 0 Å². The maximum Gasteiger partial charge on any atom is 0.230 e. The van der Waals surface area contributed by atoms with Crippen molar-refractivity contribution in [3.8, 4) is 10.7 Å². The molecule has 0 aromatic carbocycles. The normalized spacial score (nSPS) is 15.6. The predicted molar refractivity (Wildman–Crippen MR) is 91.8 cm³/mol. The third-order valence-electron chi connectivity index (χ3n) is 3.47. The molecule has 1 saturated carbocycles. The predicted octanol–water partition coefficient (Wildman–Crippen LogP) is 2.58. The molecule has 0 radical (unpaired) electrons. The lowest BCUT2D eigenvalue weighted by Gasteiger charge is -2.12. The zero-order valence-electron chi connectivity index (χ0n) is 13.2. The zero-order valence-corrected chi connectivity index (χ0v) is 14.8. The second kappa shape index (κ2) is 7.46. The Bertz CT molecular complexity index is 652. The monoisotopic (exact) mass is 352 g/mol. The van der Waals surface area contributed by atoms with Gasteiger partial charge in [0.15, 0.2) is 11.0 Å². The molecule has 23 heavy (non-hydrogen) atoms. The number of thiophene rings is 1. The number of ether oxygens (including phenoxy) is 1. The first kappa shape index (κ1) is 16.5. The Morgan fingerprint density at radius 2 is 2.39 bits per heavy atom. The number of hydrogen-bond donors (Lipinski definition) is 1. The lowest BCUT2D eigenvalue weighted by atomic mass is 10.3. The number of hydrogen-bond acceptors (Lipinski definition) is 6. The van der Waals surface area contributed by atoms with Crippen molar-refractivity contribution >= 4 is 29.0 Å². The molecule has 1 fully saturated rings. The van der Waals surface area contributed by atoms with E-state index in [0.29, 0.717) is 18.4 Å². The number of nitrogens with one attached hydrogen (secondary N) is 1. The summed E-state index contributed by atoms with van der Waals surface area (Å²) in [4.78, 5) is 13.1. The highest BCUT2D eigenvalue weighted by molar-refractivity contribution is 7.99. The third-order valence-corrected chi connectivity index (χ3v) is 5.28. The highest BCUT2D eigenvalue weighted by Gasteiger charge is 2.30. The van der Waals surface area contributed by atoms with Crippen molar-refractivity contribution in [1.82, 2.24) is 20.1 Å². The largest absolute Gasteiger partial charge is 0.383 e. The lowest BCUT2D eigenvalue weighted by Crippen LogP contribution is -2.36. The highest BCUT2D eigenvalue weighted by atomic mass is 32.2. The molecule has 124 valence electrons. The minimum atomic E-state index is -0.0115. The van der Waals surface area contributed by atoms with Crippen molar-refractivity contribution < 1.29 is 9.53 Å². The molecule has 0 spiro atoms. The number of aromatic nitrogens is 3. The Balaban J connectivity index is 1.65. The SMILES string of the molecule is COC[C@H](C)NC(=O)CSc1nnc(-c2cccs2)n1C1CC1. The van der Waals surface area contributed by atoms with Gasteiger partial charge in [-0.1, -0.05) is 17.8 Å². The first-order valence-electron chi connectivity index (χ1n) is 7.59. The highest BCUT2D eigenvalue weighted by Crippen LogP contribution is 2.41. The first-order valence-corrected chi connectivity index (χ1v) is 9.45. The summed E-state index contributed by atoms with van der Waals surface area (Å²) in [6.07, 6.45) is 2.31. The Morgan fingerprint density at radius 1 is 1.57 bits per heavy atom. The molecule has 1 atom stereocenters. The molecule has 1 N–H and O–H groups in total. The van der Waals surface area contributed by atoms with Crippen LogP contribution < -0.4 is 5.32 Å². The Hall–Kier alpha value is -1.38. The van der Waals surface area contributed by atoms with Gasteiger partial charge in [-0.05, 0) is 31.2 Å². The summed E-state index contributed by atoms with van der Waals surface area (Å²) in [6, 6.07) is 4.56. The number of nitrogens with zero attached hydrogens (tertiary/aromatic N) is 3. The van der Waals surface area contributed by atoms with E-state index in [4.69, 9.17) is 4.74 Å². The van der Waals surface area contributed by atoms with Gasteiger partial charge in [0.2, 0.25) is 5.91 Å². The molecule has 0 bridgehead atoms. The second-order valence-electron chi connectivity index (χ2n) is 5.60. The number of rotatable bonds is 8. The van der Waals surface area contributed by atoms with Crippen LogP contribution in [-0.4, -0.2) is 46.2 Å². The summed E-state index contributed by atoms with van der Waals surface area (Å²) >= 11 is 3.10. The minimum Gasteiger partial charge on any atom is -0.383 e. The van der Waals surface area contributed by atoms with Crippen LogP contribution in [0.5, 0.6) is 0 Å². The van der Waals surface area contributed by atoms with E-state index in [-0.39, 0.29) is 11.9 Å². The maximum atomic E-state index is 12.0. The Morgan fingerprint density at radius 3 is 3.04 bits per heavy atom. The molecule has 2 heterocycles. The summed E-state index contributed by atoms with van der Waals surface area (Å²) in [5, 5.41) is 14.4. The molecule has 1 aliphatic rings. The fourth-order valence-electron chi connectivity index (χ4n) is 2.35. The maximum absolute atomic E-state index is 12.0. The van der Waals surface area contributed by atoms with Gasteiger partial charge in [0.1, 0.15) is 0 Å². The van der Waals surface area contributed by atoms with Gasteiger partial charge in [0.25, 0.3) is 0 Å². The molecule has 6 nitrogen and oxygen atoms in total. The third kappa shape index (κ3) is 4.13. The van der Waals surface area contributed by atoms with E-state index >= 15 is 0 Å². The van der Waals surface area contributed by atoms with Crippen LogP contribution in [-0.2, 0) is 9.53 Å². The number of methoxy groups -OCH3 is 1. The van der Waals surface area contributed by atoms with Gasteiger partial charge in [-0.2, -0.15) is 0 Å². The van der Waals surface area contributed by atoms with Gasteiger partial charge in [-0.3, -0.25) is 9.36 Å². The van der Waals surface area contributed by atoms with Crippen LogP contribution in [0.1, 0.15) is 25.8 Å². The van der Waals surface area contributed by atoms with Crippen molar-refractivity contribution in [3.05, 3.63) is 17.5 Å². The molecule has 0 aliphatic heterocycles. The standard InChI is InChI=1S/C15H20N4O2S2/c1-10(8-21-2)16-13(20)9-23-15-18-17-14(12-4-3-7-22-12)19(15)11-5-6-11/h3-4,7,10-11H,5-6,8-9H2,1-2H3,(H,16,20)/t10-/m0/s1. The van der Waals surface area contributed by atoms with E-state index in [1.165, 1.54) is 11.8 Å². The van der Waals surface area contributed by atoms with Crippen LogP contribution in [0.4, 0.5) is 0 Å². The average molecular weight is 352 g/mol. The summed E-state index contributed by atoms with van der Waals surface area (Å²) in [6.45, 7) is 2.44. The van der Waals surface area contributed by atoms with Crippen LogP contribution in [0.3, 0.4) is 0 Å². The van der Waals surface area contributed by atoms with Crippen LogP contribution in [0.2, 0.25) is 0 Å². The van der Waals surface area contributed by atoms with Gasteiger partial charge in [0.05, 0.1) is 17.2 Å². The molecular weight excluding hydrogens is 332 g/mol. The summed E-state index contributed by atoms with van der Waals surface area (Å²) in [5.41, 5.74) is 0. The second-order valence-corrected chi connectivity index (χ2v) is 7.49. The van der Waals surface area contributed by atoms with Gasteiger partial charge < -0.3 is 10.1 Å². The van der Waals surface area contributed by atoms with Gasteiger partial charge in [0, 0.05) is 19.2 Å². The Kier molecular flexibility index (Phi) is 5.34. The fraction of sp³-hybridized carbons (Fsp3) is 0.533. The Labute approximate surface area is 143 Å². The van der Waals surface area contributed by atoms with E-state index in [0.717, 1.165) is 28.7 Å². The topological polar surface area (TPSA) is 69.0 Å². The van der Waals surface area contributed by atoms with E-state index in [1.54, 1.807) is 18.4 Å². The molecule has 2 aromatic rings. The molecule has 1 amide bonds. The molecule has 3 rings (SSSR count). The summed E-state index contributed by atoms with van der Waals surface area (Å²) < 4.78 is 7.21. The number of carbonyl (C=O) groups is 1. The van der Waals surface area contributed by atoms with Crippen LogP contribution in [0, 0.1) is 0 Å². The van der Waals surface area contributed by atoms with Crippen LogP contribution >= 0.6 is 23.1 Å². The zero-order chi connectivity index (χ0) is 16.2. The number of amides is 1. The van der Waals surface area contributed by atoms with E-state index in [1.807, 2.05) is 18.4 Å². The van der Waals surface area contributed by atoms with Gasteiger partial charge in [-0.15, -0.1) is 21.5 Å².